The highest BCUT2D eigenvalue weighted by molar-refractivity contribution is 7.71. The van der Waals surface area contributed by atoms with Crippen LogP contribution in [-0.4, -0.2) is 42.5 Å². The maximum atomic E-state index is 13.8. The Morgan fingerprint density at radius 3 is 2.52 bits per heavy atom. The van der Waals surface area contributed by atoms with E-state index < -0.39 is 17.5 Å². The molecule has 7 nitrogen and oxygen atoms in total. The van der Waals surface area contributed by atoms with Crippen molar-refractivity contribution in [2.75, 3.05) is 27.9 Å². The molecule has 10 heteroatoms. The van der Waals surface area contributed by atoms with Crippen molar-refractivity contribution in [3.8, 4) is 22.8 Å². The fourth-order valence-electron chi connectivity index (χ4n) is 3.01. The first kappa shape index (κ1) is 20.9. The van der Waals surface area contributed by atoms with Crippen LogP contribution in [0.4, 0.5) is 8.78 Å². The number of benzene rings is 1. The van der Waals surface area contributed by atoms with Gasteiger partial charge in [0.2, 0.25) is 0 Å². The van der Waals surface area contributed by atoms with E-state index in [1.807, 2.05) is 0 Å². The van der Waals surface area contributed by atoms with E-state index in [1.54, 1.807) is 18.2 Å². The van der Waals surface area contributed by atoms with Crippen LogP contribution in [0.2, 0.25) is 0 Å². The van der Waals surface area contributed by atoms with Crippen molar-refractivity contribution in [3.05, 3.63) is 45.0 Å². The van der Waals surface area contributed by atoms with E-state index in [0.29, 0.717) is 17.1 Å². The number of nitrogens with zero attached hydrogens (tertiary/aromatic N) is 2. The molecule has 0 saturated carbocycles. The van der Waals surface area contributed by atoms with Crippen LogP contribution >= 0.6 is 12.2 Å². The molecular formula is C19H19F2N3O4S. The number of nitrogens with one attached hydrogen (secondary N) is 1. The van der Waals surface area contributed by atoms with Gasteiger partial charge in [-0.2, -0.15) is 0 Å². The van der Waals surface area contributed by atoms with Gasteiger partial charge in [-0.3, -0.25) is 9.78 Å². The van der Waals surface area contributed by atoms with Crippen molar-refractivity contribution in [3.63, 3.8) is 0 Å². The molecule has 1 N–H and O–H groups in total. The molecule has 2 aromatic heterocycles. The van der Waals surface area contributed by atoms with Crippen LogP contribution in [0.1, 0.15) is 12.0 Å². The molecule has 0 fully saturated rings. The molecule has 154 valence electrons. The van der Waals surface area contributed by atoms with E-state index in [4.69, 9.17) is 26.4 Å². The lowest BCUT2D eigenvalue weighted by molar-refractivity contribution is 0.153. The fourth-order valence-corrected chi connectivity index (χ4v) is 3.28. The summed E-state index contributed by atoms with van der Waals surface area (Å²) in [5, 5.41) is -0.200. The number of aromatic nitrogens is 3. The van der Waals surface area contributed by atoms with Gasteiger partial charge in [0.1, 0.15) is 5.65 Å². The number of fused-ring (bicyclic) bond motifs is 1. The zero-order valence-corrected chi connectivity index (χ0v) is 16.8. The van der Waals surface area contributed by atoms with Gasteiger partial charge >= 0.3 is 0 Å². The Labute approximate surface area is 169 Å². The normalized spacial score (nSPS) is 11.2. The largest absolute Gasteiger partial charge is 0.493 e. The summed E-state index contributed by atoms with van der Waals surface area (Å²) >= 11 is 5.21. The summed E-state index contributed by atoms with van der Waals surface area (Å²) in [5.74, 6) is 0.915. The Morgan fingerprint density at radius 2 is 1.90 bits per heavy atom. The van der Waals surface area contributed by atoms with E-state index in [-0.39, 0.29) is 34.7 Å². The Morgan fingerprint density at radius 1 is 1.17 bits per heavy atom. The highest BCUT2D eigenvalue weighted by atomic mass is 32.1. The van der Waals surface area contributed by atoms with E-state index >= 15 is 0 Å². The summed E-state index contributed by atoms with van der Waals surface area (Å²) in [6, 6.07) is 6.15. The molecule has 0 bridgehead atoms. The molecule has 0 spiro atoms. The zero-order chi connectivity index (χ0) is 21.1. The summed E-state index contributed by atoms with van der Waals surface area (Å²) in [6.45, 7) is 0.509. The SMILES string of the molecule is COCCn1c(=S)[nH]c(=O)c2c(C(F)F)cc(-c3ccc(OC)c(OC)c3)nc21. The molecule has 0 aliphatic heterocycles. The average Bonchev–Trinajstić information content (AvgIpc) is 2.72. The van der Waals surface area contributed by atoms with Gasteiger partial charge in [0.05, 0.1) is 38.5 Å². The summed E-state index contributed by atoms with van der Waals surface area (Å²) in [4.78, 5) is 19.3. The van der Waals surface area contributed by atoms with Gasteiger partial charge in [-0.15, -0.1) is 0 Å². The Kier molecular flexibility index (Phi) is 6.23. The number of methoxy groups -OCH3 is 3. The molecule has 0 saturated heterocycles. The van der Waals surface area contributed by atoms with Crippen LogP contribution in [-0.2, 0) is 11.3 Å². The number of rotatable bonds is 7. The van der Waals surface area contributed by atoms with Crippen LogP contribution in [0.3, 0.4) is 0 Å². The summed E-state index contributed by atoms with van der Waals surface area (Å²) in [6.07, 6.45) is -2.88. The molecule has 3 rings (SSSR count). The second-order valence-electron chi connectivity index (χ2n) is 6.07. The third-order valence-corrected chi connectivity index (χ3v) is 4.74. The number of halogens is 2. The second kappa shape index (κ2) is 8.66. The summed E-state index contributed by atoms with van der Waals surface area (Å²) in [7, 11) is 4.48. The molecule has 0 amide bonds. The van der Waals surface area contributed by atoms with Crippen molar-refractivity contribution in [1.82, 2.24) is 14.5 Å². The standard InChI is InChI=1S/C19H19F2N3O4S/c1-26-7-6-24-17-15(18(25)23-19(24)29)11(16(20)21)9-12(22-17)10-4-5-13(27-2)14(8-10)28-3/h4-5,8-9,16H,6-7H2,1-3H3,(H,23,25,29). The number of hydrogen-bond acceptors (Lipinski definition) is 6. The quantitative estimate of drug-likeness (QED) is 0.584. The predicted molar refractivity (Wildman–Crippen MR) is 107 cm³/mol. The lowest BCUT2D eigenvalue weighted by atomic mass is 10.1. The molecule has 1 aromatic carbocycles. The van der Waals surface area contributed by atoms with E-state index in [1.165, 1.54) is 32.0 Å². The highest BCUT2D eigenvalue weighted by Crippen LogP contribution is 2.34. The molecule has 0 aliphatic rings. The van der Waals surface area contributed by atoms with Gasteiger partial charge in [-0.25, -0.2) is 13.8 Å². The van der Waals surface area contributed by atoms with Crippen molar-refractivity contribution in [2.45, 2.75) is 13.0 Å². The maximum Gasteiger partial charge on any atom is 0.264 e. The van der Waals surface area contributed by atoms with Gasteiger partial charge in [0, 0.05) is 18.2 Å². The molecule has 0 unspecified atom stereocenters. The van der Waals surface area contributed by atoms with Gasteiger partial charge < -0.3 is 18.8 Å². The number of H-pyrrole nitrogens is 1. The smallest absolute Gasteiger partial charge is 0.264 e. The van der Waals surface area contributed by atoms with E-state index in [2.05, 4.69) is 9.97 Å². The lowest BCUT2D eigenvalue weighted by Crippen LogP contribution is -2.19. The topological polar surface area (TPSA) is 78.4 Å². The monoisotopic (exact) mass is 423 g/mol. The third kappa shape index (κ3) is 3.99. The van der Waals surface area contributed by atoms with Crippen LogP contribution < -0.4 is 15.0 Å². The Bertz CT molecular complexity index is 1160. The Balaban J connectivity index is 2.35. The number of alkyl halides is 2. The molecule has 0 aliphatic carbocycles. The summed E-state index contributed by atoms with van der Waals surface area (Å²) in [5.41, 5.74) is -0.295. The van der Waals surface area contributed by atoms with E-state index in [0.717, 1.165) is 0 Å². The van der Waals surface area contributed by atoms with Crippen LogP contribution in [0.5, 0.6) is 11.5 Å². The van der Waals surface area contributed by atoms with Crippen LogP contribution in [0.15, 0.2) is 29.1 Å². The van der Waals surface area contributed by atoms with Crippen molar-refractivity contribution in [1.29, 1.82) is 0 Å². The van der Waals surface area contributed by atoms with Crippen molar-refractivity contribution < 1.29 is 23.0 Å². The van der Waals surface area contributed by atoms with Crippen molar-refractivity contribution >= 4 is 23.3 Å². The molecular weight excluding hydrogens is 404 g/mol. The molecule has 0 radical (unpaired) electrons. The number of hydrogen-bond donors (Lipinski definition) is 1. The van der Waals surface area contributed by atoms with Gasteiger partial charge in [0.25, 0.3) is 12.0 Å². The fraction of sp³-hybridized carbons (Fsp3) is 0.316. The lowest BCUT2D eigenvalue weighted by Gasteiger charge is -2.15. The average molecular weight is 423 g/mol. The zero-order valence-electron chi connectivity index (χ0n) is 16.0. The first-order chi connectivity index (χ1) is 13.9. The van der Waals surface area contributed by atoms with Gasteiger partial charge in [-0.1, -0.05) is 0 Å². The first-order valence-corrected chi connectivity index (χ1v) is 8.99. The Hall–Kier alpha value is -2.85. The minimum absolute atomic E-state index is 0.0679. The van der Waals surface area contributed by atoms with Crippen molar-refractivity contribution in [2.24, 2.45) is 0 Å². The minimum Gasteiger partial charge on any atom is -0.493 e. The molecule has 0 atom stereocenters. The highest BCUT2D eigenvalue weighted by Gasteiger charge is 2.21. The number of pyridine rings is 1. The second-order valence-corrected chi connectivity index (χ2v) is 6.46. The predicted octanol–water partition coefficient (Wildman–Crippen LogP) is 3.72. The van der Waals surface area contributed by atoms with Crippen LogP contribution in [0, 0.1) is 4.77 Å². The van der Waals surface area contributed by atoms with Crippen LogP contribution in [0.25, 0.3) is 22.3 Å². The first-order valence-electron chi connectivity index (χ1n) is 8.58. The van der Waals surface area contributed by atoms with Gasteiger partial charge in [0.15, 0.2) is 16.3 Å². The summed E-state index contributed by atoms with van der Waals surface area (Å²) < 4.78 is 44.8. The third-order valence-electron chi connectivity index (χ3n) is 4.41. The number of ether oxygens (including phenoxy) is 3. The molecule has 2 heterocycles. The van der Waals surface area contributed by atoms with E-state index in [9.17, 15) is 13.6 Å². The molecule has 3 aromatic rings. The minimum atomic E-state index is -2.88. The molecule has 29 heavy (non-hydrogen) atoms. The van der Waals surface area contributed by atoms with Gasteiger partial charge in [-0.05, 0) is 36.5 Å². The maximum absolute atomic E-state index is 13.8. The number of aromatic amines is 1.